The molecular weight excluding hydrogens is 269 g/mol. The standard InChI is InChI=1S/C11H8F5N3/c1-2-3-10(18-19-11(3)17)4-5(12)7(14)9(16)8(15)6(4)13/h2H2,1H3,(H3,17,18,19). The summed E-state index contributed by atoms with van der Waals surface area (Å²) in [6.07, 6.45) is 0.219. The first-order valence-electron chi connectivity index (χ1n) is 5.24. The molecule has 0 amide bonds. The first-order valence-corrected chi connectivity index (χ1v) is 5.24. The normalized spacial score (nSPS) is 11.1. The Morgan fingerprint density at radius 2 is 1.42 bits per heavy atom. The van der Waals surface area contributed by atoms with Gasteiger partial charge in [-0.3, -0.25) is 5.10 Å². The van der Waals surface area contributed by atoms with Gasteiger partial charge in [0.2, 0.25) is 5.82 Å². The maximum Gasteiger partial charge on any atom is 0.200 e. The Hall–Kier alpha value is -2.12. The summed E-state index contributed by atoms with van der Waals surface area (Å²) in [4.78, 5) is 0. The summed E-state index contributed by atoms with van der Waals surface area (Å²) >= 11 is 0. The van der Waals surface area contributed by atoms with E-state index in [-0.39, 0.29) is 23.5 Å². The van der Waals surface area contributed by atoms with Crippen LogP contribution in [0.1, 0.15) is 12.5 Å². The molecule has 0 fully saturated rings. The van der Waals surface area contributed by atoms with E-state index in [1.54, 1.807) is 6.92 Å². The Kier molecular flexibility index (Phi) is 3.17. The Morgan fingerprint density at radius 1 is 0.947 bits per heavy atom. The van der Waals surface area contributed by atoms with Gasteiger partial charge in [0.15, 0.2) is 23.3 Å². The van der Waals surface area contributed by atoms with Gasteiger partial charge >= 0.3 is 0 Å². The molecule has 102 valence electrons. The Bertz CT molecular complexity index is 621. The number of nitrogen functional groups attached to an aromatic ring is 1. The third-order valence-corrected chi connectivity index (χ3v) is 2.71. The van der Waals surface area contributed by atoms with Gasteiger partial charge in [-0.05, 0) is 6.42 Å². The fourth-order valence-electron chi connectivity index (χ4n) is 1.77. The number of anilines is 1. The highest BCUT2D eigenvalue weighted by Crippen LogP contribution is 2.33. The molecule has 0 saturated carbocycles. The zero-order chi connectivity index (χ0) is 14.3. The second-order valence-electron chi connectivity index (χ2n) is 3.76. The van der Waals surface area contributed by atoms with Gasteiger partial charge in [-0.2, -0.15) is 5.10 Å². The van der Waals surface area contributed by atoms with E-state index in [9.17, 15) is 22.0 Å². The molecule has 0 bridgehead atoms. The van der Waals surface area contributed by atoms with E-state index in [2.05, 4.69) is 10.2 Å². The smallest absolute Gasteiger partial charge is 0.200 e. The van der Waals surface area contributed by atoms with Crippen LogP contribution in [0.2, 0.25) is 0 Å². The van der Waals surface area contributed by atoms with Crippen molar-refractivity contribution in [1.29, 1.82) is 0 Å². The van der Waals surface area contributed by atoms with Crippen LogP contribution in [0, 0.1) is 29.1 Å². The highest BCUT2D eigenvalue weighted by molar-refractivity contribution is 5.69. The molecule has 3 N–H and O–H groups in total. The largest absolute Gasteiger partial charge is 0.382 e. The molecule has 3 nitrogen and oxygen atoms in total. The Morgan fingerprint density at radius 3 is 1.89 bits per heavy atom. The van der Waals surface area contributed by atoms with Crippen molar-refractivity contribution in [2.45, 2.75) is 13.3 Å². The lowest BCUT2D eigenvalue weighted by Gasteiger charge is -2.08. The predicted octanol–water partition coefficient (Wildman–Crippen LogP) is 2.92. The van der Waals surface area contributed by atoms with Crippen molar-refractivity contribution >= 4 is 5.82 Å². The van der Waals surface area contributed by atoms with Crippen molar-refractivity contribution in [1.82, 2.24) is 10.2 Å². The number of halogens is 5. The first-order chi connectivity index (χ1) is 8.90. The van der Waals surface area contributed by atoms with Gasteiger partial charge in [-0.15, -0.1) is 0 Å². The van der Waals surface area contributed by atoms with Gasteiger partial charge in [-0.1, -0.05) is 6.92 Å². The zero-order valence-corrected chi connectivity index (χ0v) is 9.62. The molecule has 0 unspecified atom stereocenters. The van der Waals surface area contributed by atoms with E-state index in [1.807, 2.05) is 0 Å². The van der Waals surface area contributed by atoms with Gasteiger partial charge in [0, 0.05) is 5.56 Å². The quantitative estimate of drug-likeness (QED) is 0.504. The summed E-state index contributed by atoms with van der Waals surface area (Å²) < 4.78 is 66.3. The van der Waals surface area contributed by atoms with E-state index in [4.69, 9.17) is 5.73 Å². The summed E-state index contributed by atoms with van der Waals surface area (Å²) in [5.74, 6) is -10.1. The number of hydrogen-bond acceptors (Lipinski definition) is 2. The van der Waals surface area contributed by atoms with Crippen molar-refractivity contribution in [2.75, 3.05) is 5.73 Å². The highest BCUT2D eigenvalue weighted by Gasteiger charge is 2.29. The number of aromatic nitrogens is 2. The molecule has 0 radical (unpaired) electrons. The Labute approximate surface area is 104 Å². The number of nitrogens with two attached hydrogens (primary N) is 1. The van der Waals surface area contributed by atoms with E-state index in [0.29, 0.717) is 0 Å². The number of nitrogens with zero attached hydrogens (tertiary/aromatic N) is 1. The molecule has 19 heavy (non-hydrogen) atoms. The number of rotatable bonds is 2. The van der Waals surface area contributed by atoms with Crippen LogP contribution < -0.4 is 5.73 Å². The molecule has 0 spiro atoms. The van der Waals surface area contributed by atoms with Crippen LogP contribution in [0.4, 0.5) is 27.8 Å². The molecule has 0 atom stereocenters. The summed E-state index contributed by atoms with van der Waals surface area (Å²) in [6, 6.07) is 0. The van der Waals surface area contributed by atoms with Crippen molar-refractivity contribution < 1.29 is 22.0 Å². The minimum atomic E-state index is -2.20. The van der Waals surface area contributed by atoms with E-state index < -0.39 is 34.6 Å². The molecule has 2 rings (SSSR count). The monoisotopic (exact) mass is 277 g/mol. The van der Waals surface area contributed by atoms with Gasteiger partial charge in [-0.25, -0.2) is 22.0 Å². The molecule has 0 aliphatic heterocycles. The van der Waals surface area contributed by atoms with E-state index in [0.717, 1.165) is 0 Å². The van der Waals surface area contributed by atoms with Crippen LogP contribution in [0.3, 0.4) is 0 Å². The number of H-pyrrole nitrogens is 1. The van der Waals surface area contributed by atoms with Crippen LogP contribution in [0.5, 0.6) is 0 Å². The maximum atomic E-state index is 13.6. The zero-order valence-electron chi connectivity index (χ0n) is 9.62. The van der Waals surface area contributed by atoms with Crippen molar-refractivity contribution in [2.24, 2.45) is 0 Å². The lowest BCUT2D eigenvalue weighted by atomic mass is 10.0. The van der Waals surface area contributed by atoms with Crippen LogP contribution in [0.15, 0.2) is 0 Å². The van der Waals surface area contributed by atoms with Gasteiger partial charge in [0.25, 0.3) is 0 Å². The second kappa shape index (κ2) is 4.52. The predicted molar refractivity (Wildman–Crippen MR) is 57.6 cm³/mol. The molecule has 1 heterocycles. The topological polar surface area (TPSA) is 54.7 Å². The lowest BCUT2D eigenvalue weighted by Crippen LogP contribution is -2.05. The van der Waals surface area contributed by atoms with Crippen LogP contribution in [0.25, 0.3) is 11.3 Å². The second-order valence-corrected chi connectivity index (χ2v) is 3.76. The Balaban J connectivity index is 2.83. The summed E-state index contributed by atoms with van der Waals surface area (Å²) in [6.45, 7) is 1.61. The third-order valence-electron chi connectivity index (χ3n) is 2.71. The van der Waals surface area contributed by atoms with Crippen molar-refractivity contribution in [3.8, 4) is 11.3 Å². The lowest BCUT2D eigenvalue weighted by molar-refractivity contribution is 0.381. The highest BCUT2D eigenvalue weighted by atomic mass is 19.2. The average Bonchev–Trinajstić information content (AvgIpc) is 2.75. The van der Waals surface area contributed by atoms with Crippen LogP contribution >= 0.6 is 0 Å². The van der Waals surface area contributed by atoms with Crippen LogP contribution in [-0.2, 0) is 6.42 Å². The minimum Gasteiger partial charge on any atom is -0.382 e. The fraction of sp³-hybridized carbons (Fsp3) is 0.182. The summed E-state index contributed by atoms with van der Waals surface area (Å²) in [7, 11) is 0. The molecule has 8 heteroatoms. The van der Waals surface area contributed by atoms with Crippen molar-refractivity contribution in [3.05, 3.63) is 34.6 Å². The SMILES string of the molecule is CCc1c(N)n[nH]c1-c1c(F)c(F)c(F)c(F)c1F. The molecule has 1 aromatic heterocycles. The van der Waals surface area contributed by atoms with E-state index >= 15 is 0 Å². The molecule has 0 aliphatic carbocycles. The van der Waals surface area contributed by atoms with Gasteiger partial charge < -0.3 is 5.73 Å². The third kappa shape index (κ3) is 1.83. The van der Waals surface area contributed by atoms with Gasteiger partial charge in [0.1, 0.15) is 5.82 Å². The molecule has 2 aromatic rings. The molecule has 0 aliphatic rings. The summed E-state index contributed by atoms with van der Waals surface area (Å²) in [5.41, 5.74) is 4.26. The van der Waals surface area contributed by atoms with Crippen LogP contribution in [-0.4, -0.2) is 10.2 Å². The number of hydrogen-bond donors (Lipinski definition) is 2. The van der Waals surface area contributed by atoms with Crippen molar-refractivity contribution in [3.63, 3.8) is 0 Å². The number of benzene rings is 1. The molecule has 1 aromatic carbocycles. The maximum absolute atomic E-state index is 13.6. The fourth-order valence-corrected chi connectivity index (χ4v) is 1.77. The minimum absolute atomic E-state index is 0.0542. The molecular formula is C11H8F5N3. The van der Waals surface area contributed by atoms with Gasteiger partial charge in [0.05, 0.1) is 11.3 Å². The van der Waals surface area contributed by atoms with E-state index in [1.165, 1.54) is 0 Å². The first kappa shape index (κ1) is 13.3. The number of nitrogens with one attached hydrogen (secondary N) is 1. The average molecular weight is 277 g/mol. The summed E-state index contributed by atoms with van der Waals surface area (Å²) in [5, 5.41) is 5.69. The molecule has 0 saturated heterocycles. The number of aromatic amines is 1.